The van der Waals surface area contributed by atoms with Gasteiger partial charge in [-0.15, -0.1) is 0 Å². The number of halogens is 4. The number of nitrogens with zero attached hydrogens (tertiary/aromatic N) is 1. The van der Waals surface area contributed by atoms with E-state index in [9.17, 15) is 26.4 Å². The molecule has 23 heavy (non-hydrogen) atoms. The Labute approximate surface area is 137 Å². The van der Waals surface area contributed by atoms with Crippen LogP contribution in [0.5, 0.6) is 0 Å². The number of rotatable bonds is 6. The average Bonchev–Trinajstić information content (AvgIpc) is 2.41. The van der Waals surface area contributed by atoms with Crippen LogP contribution in [0.3, 0.4) is 0 Å². The molecular weight excluding hydrogens is 357 g/mol. The van der Waals surface area contributed by atoms with Crippen molar-refractivity contribution in [3.05, 3.63) is 28.8 Å². The molecule has 0 aliphatic heterocycles. The predicted octanol–water partition coefficient (Wildman–Crippen LogP) is 2.65. The highest BCUT2D eigenvalue weighted by Crippen LogP contribution is 2.36. The number of benzene rings is 1. The lowest BCUT2D eigenvalue weighted by molar-refractivity contribution is -0.137. The second-order valence-electron chi connectivity index (χ2n) is 4.70. The van der Waals surface area contributed by atoms with E-state index in [1.165, 1.54) is 0 Å². The van der Waals surface area contributed by atoms with Crippen LogP contribution in [-0.2, 0) is 21.0 Å². The van der Waals surface area contributed by atoms with Gasteiger partial charge in [0, 0.05) is 13.0 Å². The SMILES string of the molecule is CCC(=O)NCCN(c1cc(C(F)(F)F)ccc1Cl)S(C)(=O)=O. The molecule has 0 atom stereocenters. The molecule has 0 unspecified atom stereocenters. The zero-order chi connectivity index (χ0) is 17.8. The molecule has 0 radical (unpaired) electrons. The summed E-state index contributed by atoms with van der Waals surface area (Å²) in [5, 5.41) is 2.32. The highest BCUT2D eigenvalue weighted by atomic mass is 35.5. The van der Waals surface area contributed by atoms with Gasteiger partial charge in [0.1, 0.15) is 0 Å². The number of carbonyl (C=O) groups is 1. The monoisotopic (exact) mass is 372 g/mol. The summed E-state index contributed by atoms with van der Waals surface area (Å²) in [5.74, 6) is -0.298. The fourth-order valence-electron chi connectivity index (χ4n) is 1.77. The van der Waals surface area contributed by atoms with Crippen molar-refractivity contribution in [2.75, 3.05) is 23.7 Å². The minimum Gasteiger partial charge on any atom is -0.354 e. The zero-order valence-electron chi connectivity index (χ0n) is 12.4. The van der Waals surface area contributed by atoms with Crippen LogP contribution in [0.25, 0.3) is 0 Å². The van der Waals surface area contributed by atoms with Crippen molar-refractivity contribution < 1.29 is 26.4 Å². The molecule has 0 aliphatic rings. The van der Waals surface area contributed by atoms with E-state index in [4.69, 9.17) is 11.6 Å². The van der Waals surface area contributed by atoms with Crippen molar-refractivity contribution in [1.29, 1.82) is 0 Å². The molecule has 0 aromatic heterocycles. The summed E-state index contributed by atoms with van der Waals surface area (Å²) < 4.78 is 62.8. The van der Waals surface area contributed by atoms with Crippen molar-refractivity contribution in [3.63, 3.8) is 0 Å². The topological polar surface area (TPSA) is 66.5 Å². The highest BCUT2D eigenvalue weighted by molar-refractivity contribution is 7.92. The van der Waals surface area contributed by atoms with Crippen molar-refractivity contribution in [2.45, 2.75) is 19.5 Å². The number of hydrogen-bond donors (Lipinski definition) is 1. The molecule has 0 fully saturated rings. The van der Waals surface area contributed by atoms with Crippen LogP contribution in [0.1, 0.15) is 18.9 Å². The lowest BCUT2D eigenvalue weighted by atomic mass is 10.2. The van der Waals surface area contributed by atoms with Gasteiger partial charge in [0.2, 0.25) is 15.9 Å². The summed E-state index contributed by atoms with van der Waals surface area (Å²) in [6.07, 6.45) is -3.56. The molecule has 1 rings (SSSR count). The Bertz CT molecular complexity index is 678. The quantitative estimate of drug-likeness (QED) is 0.834. The van der Waals surface area contributed by atoms with Gasteiger partial charge in [-0.1, -0.05) is 18.5 Å². The van der Waals surface area contributed by atoms with Crippen molar-refractivity contribution in [3.8, 4) is 0 Å². The Morgan fingerprint density at radius 1 is 1.35 bits per heavy atom. The van der Waals surface area contributed by atoms with Crippen molar-refractivity contribution in [2.24, 2.45) is 0 Å². The molecule has 1 aromatic rings. The third-order valence-electron chi connectivity index (χ3n) is 2.90. The van der Waals surface area contributed by atoms with Crippen LogP contribution in [0, 0.1) is 0 Å². The third-order valence-corrected chi connectivity index (χ3v) is 4.40. The standard InChI is InChI=1S/C13H16ClF3N2O3S/c1-3-12(20)18-6-7-19(23(2,21)22)11-8-9(13(15,16)17)4-5-10(11)14/h4-5,8H,3,6-7H2,1-2H3,(H,18,20). The number of amides is 1. The summed E-state index contributed by atoms with van der Waals surface area (Å²) in [6.45, 7) is 1.34. The van der Waals surface area contributed by atoms with Crippen LogP contribution < -0.4 is 9.62 Å². The zero-order valence-corrected chi connectivity index (χ0v) is 14.0. The van der Waals surface area contributed by atoms with Gasteiger partial charge in [-0.25, -0.2) is 8.42 Å². The minimum absolute atomic E-state index is 0.0493. The van der Waals surface area contributed by atoms with E-state index in [1.54, 1.807) is 6.92 Å². The lowest BCUT2D eigenvalue weighted by Crippen LogP contribution is -2.38. The maximum absolute atomic E-state index is 12.8. The summed E-state index contributed by atoms with van der Waals surface area (Å²) in [6, 6.07) is 2.43. The van der Waals surface area contributed by atoms with Gasteiger partial charge in [0.15, 0.2) is 0 Å². The molecular formula is C13H16ClF3N2O3S. The van der Waals surface area contributed by atoms with Crippen LogP contribution >= 0.6 is 11.6 Å². The van der Waals surface area contributed by atoms with E-state index >= 15 is 0 Å². The van der Waals surface area contributed by atoms with E-state index in [0.29, 0.717) is 6.07 Å². The first-order valence-corrected chi connectivity index (χ1v) is 8.80. The van der Waals surface area contributed by atoms with Crippen molar-refractivity contribution in [1.82, 2.24) is 5.32 Å². The molecule has 1 N–H and O–H groups in total. The van der Waals surface area contributed by atoms with Crippen LogP contribution in [0.15, 0.2) is 18.2 Å². The van der Waals surface area contributed by atoms with Gasteiger partial charge in [-0.3, -0.25) is 9.10 Å². The fourth-order valence-corrected chi connectivity index (χ4v) is 2.97. The lowest BCUT2D eigenvalue weighted by Gasteiger charge is -2.24. The second kappa shape index (κ2) is 7.39. The van der Waals surface area contributed by atoms with E-state index in [1.807, 2.05) is 0 Å². The number of nitrogens with one attached hydrogen (secondary N) is 1. The van der Waals surface area contributed by atoms with Crippen LogP contribution in [0.2, 0.25) is 5.02 Å². The normalized spacial score (nSPS) is 12.1. The fraction of sp³-hybridized carbons (Fsp3) is 0.462. The Morgan fingerprint density at radius 3 is 2.43 bits per heavy atom. The van der Waals surface area contributed by atoms with Gasteiger partial charge in [-0.05, 0) is 18.2 Å². The summed E-state index contributed by atoms with van der Waals surface area (Å²) >= 11 is 5.86. The van der Waals surface area contributed by atoms with Gasteiger partial charge < -0.3 is 5.32 Å². The maximum atomic E-state index is 12.8. The predicted molar refractivity (Wildman–Crippen MR) is 81.9 cm³/mol. The number of sulfonamides is 1. The van der Waals surface area contributed by atoms with Crippen LogP contribution in [0.4, 0.5) is 18.9 Å². The first-order valence-electron chi connectivity index (χ1n) is 6.58. The van der Waals surface area contributed by atoms with Crippen LogP contribution in [-0.4, -0.2) is 33.7 Å². The molecule has 0 saturated carbocycles. The van der Waals surface area contributed by atoms with Gasteiger partial charge in [0.05, 0.1) is 29.1 Å². The van der Waals surface area contributed by atoms with E-state index in [-0.39, 0.29) is 36.1 Å². The van der Waals surface area contributed by atoms with Gasteiger partial charge >= 0.3 is 6.18 Å². The summed E-state index contributed by atoms with van der Waals surface area (Å²) in [4.78, 5) is 11.2. The molecule has 10 heteroatoms. The number of hydrogen-bond acceptors (Lipinski definition) is 3. The Morgan fingerprint density at radius 2 is 1.96 bits per heavy atom. The van der Waals surface area contributed by atoms with E-state index in [0.717, 1.165) is 22.7 Å². The minimum atomic E-state index is -4.63. The maximum Gasteiger partial charge on any atom is 0.416 e. The summed E-state index contributed by atoms with van der Waals surface area (Å²) in [5.41, 5.74) is -1.29. The highest BCUT2D eigenvalue weighted by Gasteiger charge is 2.32. The molecule has 0 heterocycles. The molecule has 5 nitrogen and oxygen atoms in total. The smallest absolute Gasteiger partial charge is 0.354 e. The second-order valence-corrected chi connectivity index (χ2v) is 7.02. The molecule has 0 spiro atoms. The Balaban J connectivity index is 3.15. The number of anilines is 1. The third kappa shape index (κ3) is 5.58. The largest absolute Gasteiger partial charge is 0.416 e. The molecule has 0 saturated heterocycles. The molecule has 1 aromatic carbocycles. The first-order chi connectivity index (χ1) is 10.5. The van der Waals surface area contributed by atoms with E-state index in [2.05, 4.69) is 5.32 Å². The Hall–Kier alpha value is -1.48. The molecule has 0 aliphatic carbocycles. The Kier molecular flexibility index (Phi) is 6.29. The van der Waals surface area contributed by atoms with Crippen molar-refractivity contribution >= 4 is 33.2 Å². The summed E-state index contributed by atoms with van der Waals surface area (Å²) in [7, 11) is -3.88. The average molecular weight is 373 g/mol. The first kappa shape index (κ1) is 19.6. The van der Waals surface area contributed by atoms with E-state index < -0.39 is 21.8 Å². The molecule has 1 amide bonds. The molecule has 130 valence electrons. The molecule has 0 bridgehead atoms. The van der Waals surface area contributed by atoms with Gasteiger partial charge in [-0.2, -0.15) is 13.2 Å². The number of alkyl halides is 3. The number of carbonyl (C=O) groups excluding carboxylic acids is 1. The van der Waals surface area contributed by atoms with Gasteiger partial charge in [0.25, 0.3) is 0 Å².